The summed E-state index contributed by atoms with van der Waals surface area (Å²) < 4.78 is 11.5. The molecule has 1 aromatic heterocycles. The minimum absolute atomic E-state index is 0.0432. The normalized spacial score (nSPS) is 20.9. The largest absolute Gasteiger partial charge is 0.490 e. The molecule has 0 amide bonds. The molecule has 0 bridgehead atoms. The minimum Gasteiger partial charge on any atom is -0.490 e. The fourth-order valence-corrected chi connectivity index (χ4v) is 3.37. The predicted octanol–water partition coefficient (Wildman–Crippen LogP) is 3.16. The summed E-state index contributed by atoms with van der Waals surface area (Å²) >= 11 is 0. The third kappa shape index (κ3) is 3.01. The number of nitrogen functional groups attached to an aromatic ring is 1. The first kappa shape index (κ1) is 16.5. The van der Waals surface area contributed by atoms with Crippen LogP contribution in [0, 0.1) is 6.92 Å². The van der Waals surface area contributed by atoms with Gasteiger partial charge in [-0.2, -0.15) is 0 Å². The van der Waals surface area contributed by atoms with Gasteiger partial charge >= 0.3 is 5.97 Å². The van der Waals surface area contributed by atoms with Crippen molar-refractivity contribution in [2.24, 2.45) is 0 Å². The van der Waals surface area contributed by atoms with Gasteiger partial charge in [0.1, 0.15) is 11.3 Å². The third-order valence-corrected chi connectivity index (χ3v) is 4.65. The van der Waals surface area contributed by atoms with Gasteiger partial charge in [0.15, 0.2) is 0 Å². The molecule has 1 fully saturated rings. The molecule has 3 rings (SSSR count). The van der Waals surface area contributed by atoms with Crippen molar-refractivity contribution < 1.29 is 19.4 Å². The summed E-state index contributed by atoms with van der Waals surface area (Å²) in [6.07, 6.45) is 4.10. The molecule has 1 saturated carbocycles. The zero-order valence-electron chi connectivity index (χ0n) is 13.9. The number of hydrogen-bond donors (Lipinski definition) is 2. The van der Waals surface area contributed by atoms with Crippen LogP contribution < -0.4 is 10.5 Å². The Labute approximate surface area is 140 Å². The first-order valence-electron chi connectivity index (χ1n) is 8.12. The average Bonchev–Trinajstić information content (AvgIpc) is 2.55. The Morgan fingerprint density at radius 3 is 2.54 bits per heavy atom. The molecule has 0 saturated heterocycles. The highest BCUT2D eigenvalue weighted by atomic mass is 16.5. The van der Waals surface area contributed by atoms with Gasteiger partial charge in [-0.3, -0.25) is 4.98 Å². The summed E-state index contributed by atoms with van der Waals surface area (Å²) in [6.45, 7) is 1.65. The van der Waals surface area contributed by atoms with Gasteiger partial charge in [-0.15, -0.1) is 0 Å². The molecule has 6 nitrogen and oxygen atoms in total. The van der Waals surface area contributed by atoms with Crippen molar-refractivity contribution in [3.63, 3.8) is 0 Å². The van der Waals surface area contributed by atoms with E-state index in [1.165, 1.54) is 0 Å². The van der Waals surface area contributed by atoms with E-state index in [4.69, 9.17) is 15.2 Å². The lowest BCUT2D eigenvalue weighted by molar-refractivity contribution is 0.0332. The zero-order chi connectivity index (χ0) is 17.3. The van der Waals surface area contributed by atoms with E-state index >= 15 is 0 Å². The molecule has 1 aliphatic carbocycles. The second-order valence-corrected chi connectivity index (χ2v) is 6.19. The molecule has 0 atom stereocenters. The minimum atomic E-state index is -1.07. The van der Waals surface area contributed by atoms with Crippen molar-refractivity contribution in [3.05, 3.63) is 29.5 Å². The van der Waals surface area contributed by atoms with Crippen LogP contribution in [0.1, 0.15) is 41.7 Å². The lowest BCUT2D eigenvalue weighted by Gasteiger charge is -2.28. The first-order valence-corrected chi connectivity index (χ1v) is 8.12. The van der Waals surface area contributed by atoms with Crippen LogP contribution >= 0.6 is 0 Å². The SMILES string of the molecule is CO[C@H]1CC[C@@H](Oc2cccc3nc(C)c(C(=O)O)c(N)c23)CC1. The van der Waals surface area contributed by atoms with Gasteiger partial charge in [0.25, 0.3) is 0 Å². The Morgan fingerprint density at radius 1 is 1.25 bits per heavy atom. The van der Waals surface area contributed by atoms with Crippen LogP contribution in [0.4, 0.5) is 5.69 Å². The highest BCUT2D eigenvalue weighted by Crippen LogP contribution is 2.35. The maximum atomic E-state index is 11.5. The van der Waals surface area contributed by atoms with Crippen LogP contribution in [0.15, 0.2) is 18.2 Å². The number of fused-ring (bicyclic) bond motifs is 1. The fourth-order valence-electron chi connectivity index (χ4n) is 3.37. The lowest BCUT2D eigenvalue weighted by atomic mass is 9.95. The number of pyridine rings is 1. The number of rotatable bonds is 4. The highest BCUT2D eigenvalue weighted by molar-refractivity contribution is 6.06. The number of carbonyl (C=O) groups is 1. The number of nitrogens with zero attached hydrogens (tertiary/aromatic N) is 1. The number of methoxy groups -OCH3 is 1. The van der Waals surface area contributed by atoms with Gasteiger partial charge in [0.05, 0.1) is 34.5 Å². The third-order valence-electron chi connectivity index (χ3n) is 4.65. The molecular weight excluding hydrogens is 308 g/mol. The first-order chi connectivity index (χ1) is 11.5. The highest BCUT2D eigenvalue weighted by Gasteiger charge is 2.24. The van der Waals surface area contributed by atoms with Gasteiger partial charge in [-0.1, -0.05) is 6.07 Å². The Bertz CT molecular complexity index is 767. The number of carboxylic acid groups (broad SMARTS) is 1. The number of aryl methyl sites for hydroxylation is 1. The Balaban J connectivity index is 1.97. The summed E-state index contributed by atoms with van der Waals surface area (Å²) in [6, 6.07) is 5.49. The molecule has 6 heteroatoms. The zero-order valence-corrected chi connectivity index (χ0v) is 13.9. The Hall–Kier alpha value is -2.34. The van der Waals surface area contributed by atoms with Gasteiger partial charge < -0.3 is 20.3 Å². The van der Waals surface area contributed by atoms with E-state index in [1.54, 1.807) is 14.0 Å². The monoisotopic (exact) mass is 330 g/mol. The van der Waals surface area contributed by atoms with E-state index in [0.717, 1.165) is 25.7 Å². The number of anilines is 1. The van der Waals surface area contributed by atoms with Crippen LogP contribution in [0.2, 0.25) is 0 Å². The molecular formula is C18H22N2O4. The van der Waals surface area contributed by atoms with Gasteiger partial charge in [-0.05, 0) is 44.7 Å². The molecule has 128 valence electrons. The topological polar surface area (TPSA) is 94.7 Å². The summed E-state index contributed by atoms with van der Waals surface area (Å²) in [4.78, 5) is 15.9. The lowest BCUT2D eigenvalue weighted by Crippen LogP contribution is -2.27. The average molecular weight is 330 g/mol. The van der Waals surface area contributed by atoms with E-state index < -0.39 is 5.97 Å². The van der Waals surface area contributed by atoms with Crippen molar-refractivity contribution in [2.75, 3.05) is 12.8 Å². The molecule has 0 aliphatic heterocycles. The fraction of sp³-hybridized carbons (Fsp3) is 0.444. The molecule has 1 aromatic carbocycles. The maximum Gasteiger partial charge on any atom is 0.339 e. The number of aromatic nitrogens is 1. The standard InChI is InChI=1S/C18H22N2O4/c1-10-15(18(21)22)17(19)16-13(20-10)4-3-5-14(16)24-12-8-6-11(23-2)7-9-12/h3-5,11-12H,6-9H2,1-2H3,(H2,19,20)(H,21,22)/t11-,12+. The van der Waals surface area contributed by atoms with Crippen molar-refractivity contribution in [1.29, 1.82) is 0 Å². The van der Waals surface area contributed by atoms with Crippen molar-refractivity contribution >= 4 is 22.6 Å². The van der Waals surface area contributed by atoms with E-state index in [2.05, 4.69) is 4.98 Å². The van der Waals surface area contributed by atoms with E-state index in [1.807, 2.05) is 18.2 Å². The number of hydrogen-bond acceptors (Lipinski definition) is 5. The number of benzene rings is 1. The molecule has 0 radical (unpaired) electrons. The maximum absolute atomic E-state index is 11.5. The molecule has 1 aliphatic rings. The van der Waals surface area contributed by atoms with Gasteiger partial charge in [0.2, 0.25) is 0 Å². The smallest absolute Gasteiger partial charge is 0.339 e. The quantitative estimate of drug-likeness (QED) is 0.894. The van der Waals surface area contributed by atoms with Crippen LogP contribution in [0.25, 0.3) is 10.9 Å². The number of carboxylic acids is 1. The predicted molar refractivity (Wildman–Crippen MR) is 91.5 cm³/mol. The van der Waals surface area contributed by atoms with Crippen molar-refractivity contribution in [3.8, 4) is 5.75 Å². The van der Waals surface area contributed by atoms with Crippen LogP contribution in [-0.4, -0.2) is 35.4 Å². The number of nitrogens with two attached hydrogens (primary N) is 1. The molecule has 1 heterocycles. The van der Waals surface area contributed by atoms with Crippen molar-refractivity contribution in [2.45, 2.75) is 44.8 Å². The van der Waals surface area contributed by atoms with Gasteiger partial charge in [-0.25, -0.2) is 4.79 Å². The summed E-state index contributed by atoms with van der Waals surface area (Å²) in [7, 11) is 1.73. The number of aromatic carboxylic acids is 1. The summed E-state index contributed by atoms with van der Waals surface area (Å²) in [5, 5.41) is 9.98. The molecule has 0 unspecified atom stereocenters. The molecule has 3 N–H and O–H groups in total. The van der Waals surface area contributed by atoms with Crippen LogP contribution in [0.5, 0.6) is 5.75 Å². The van der Waals surface area contributed by atoms with Crippen molar-refractivity contribution in [1.82, 2.24) is 4.98 Å². The summed E-state index contributed by atoms with van der Waals surface area (Å²) in [5.74, 6) is -0.476. The second kappa shape index (κ2) is 6.65. The Kier molecular flexibility index (Phi) is 4.57. The Morgan fingerprint density at radius 2 is 1.92 bits per heavy atom. The van der Waals surface area contributed by atoms with Crippen LogP contribution in [-0.2, 0) is 4.74 Å². The van der Waals surface area contributed by atoms with Crippen LogP contribution in [0.3, 0.4) is 0 Å². The van der Waals surface area contributed by atoms with Gasteiger partial charge in [0, 0.05) is 7.11 Å². The molecule has 24 heavy (non-hydrogen) atoms. The second-order valence-electron chi connectivity index (χ2n) is 6.19. The summed E-state index contributed by atoms with van der Waals surface area (Å²) in [5.41, 5.74) is 7.47. The van der Waals surface area contributed by atoms with E-state index in [-0.39, 0.29) is 17.4 Å². The van der Waals surface area contributed by atoms with E-state index in [9.17, 15) is 9.90 Å². The molecule has 2 aromatic rings. The molecule has 0 spiro atoms. The number of ether oxygens (including phenoxy) is 2. The van der Waals surface area contributed by atoms with E-state index in [0.29, 0.717) is 28.5 Å².